The van der Waals surface area contributed by atoms with E-state index < -0.39 is 0 Å². The Balaban J connectivity index is 1.87. The molecule has 6 nitrogen and oxygen atoms in total. The Morgan fingerprint density at radius 3 is 2.87 bits per heavy atom. The summed E-state index contributed by atoms with van der Waals surface area (Å²) in [7, 11) is 1.40. The van der Waals surface area contributed by atoms with Crippen molar-refractivity contribution in [3.05, 3.63) is 24.3 Å². The average Bonchev–Trinajstić information content (AvgIpc) is 3.03. The zero-order valence-electron chi connectivity index (χ0n) is 13.7. The first-order chi connectivity index (χ1) is 11.2. The molecule has 0 bridgehead atoms. The number of nitrogens with zero attached hydrogens (tertiary/aromatic N) is 1. The molecule has 126 valence electrons. The van der Waals surface area contributed by atoms with Gasteiger partial charge in [-0.15, -0.1) is 0 Å². The van der Waals surface area contributed by atoms with Crippen molar-refractivity contribution in [2.75, 3.05) is 32.1 Å². The highest BCUT2D eigenvalue weighted by molar-refractivity contribution is 5.92. The molecule has 0 unspecified atom stereocenters. The normalized spacial score (nSPS) is 17.7. The monoisotopic (exact) mass is 320 g/mol. The van der Waals surface area contributed by atoms with Crippen LogP contribution in [0.4, 0.5) is 5.69 Å². The fourth-order valence-corrected chi connectivity index (χ4v) is 2.81. The van der Waals surface area contributed by atoms with Gasteiger partial charge in [-0.2, -0.15) is 0 Å². The van der Waals surface area contributed by atoms with E-state index in [1.54, 1.807) is 0 Å². The fourth-order valence-electron chi connectivity index (χ4n) is 2.81. The second-order valence-electron chi connectivity index (χ2n) is 5.44. The highest BCUT2D eigenvalue weighted by Gasteiger charge is 2.31. The molecule has 1 aliphatic heterocycles. The maximum Gasteiger partial charge on any atom is 0.323 e. The van der Waals surface area contributed by atoms with Gasteiger partial charge in [-0.3, -0.25) is 14.5 Å². The van der Waals surface area contributed by atoms with Crippen LogP contribution >= 0.6 is 0 Å². The maximum atomic E-state index is 12.2. The van der Waals surface area contributed by atoms with E-state index in [2.05, 4.69) is 5.32 Å². The minimum Gasteiger partial charge on any atom is -0.492 e. The van der Waals surface area contributed by atoms with Crippen LogP contribution in [0.2, 0.25) is 0 Å². The molecule has 0 saturated carbocycles. The van der Waals surface area contributed by atoms with Crippen LogP contribution in [0, 0.1) is 0 Å². The van der Waals surface area contributed by atoms with Gasteiger partial charge in [-0.05, 0) is 38.4 Å². The number of para-hydroxylation sites is 2. The van der Waals surface area contributed by atoms with Gasteiger partial charge in [0.2, 0.25) is 5.91 Å². The molecule has 23 heavy (non-hydrogen) atoms. The lowest BCUT2D eigenvalue weighted by atomic mass is 10.2. The van der Waals surface area contributed by atoms with Gasteiger partial charge < -0.3 is 14.8 Å². The molecule has 1 amide bonds. The number of anilines is 1. The van der Waals surface area contributed by atoms with E-state index in [-0.39, 0.29) is 17.9 Å². The summed E-state index contributed by atoms with van der Waals surface area (Å²) >= 11 is 0. The van der Waals surface area contributed by atoms with Crippen molar-refractivity contribution < 1.29 is 19.1 Å². The number of likely N-dealkylation sites (tertiary alicyclic amines) is 1. The molecular formula is C17H24N2O4. The number of amides is 1. The predicted octanol–water partition coefficient (Wildman–Crippen LogP) is 2.05. The number of carbonyl (C=O) groups excluding carboxylic acids is 2. The molecule has 2 rings (SSSR count). The van der Waals surface area contributed by atoms with E-state index in [1.165, 1.54) is 7.11 Å². The van der Waals surface area contributed by atoms with Crippen LogP contribution in [0.15, 0.2) is 24.3 Å². The lowest BCUT2D eigenvalue weighted by Gasteiger charge is -2.22. The van der Waals surface area contributed by atoms with Gasteiger partial charge in [0.1, 0.15) is 11.8 Å². The Morgan fingerprint density at radius 1 is 1.35 bits per heavy atom. The first-order valence-corrected chi connectivity index (χ1v) is 7.99. The first-order valence-electron chi connectivity index (χ1n) is 7.99. The molecule has 1 N–H and O–H groups in total. The highest BCUT2D eigenvalue weighted by atomic mass is 16.5. The van der Waals surface area contributed by atoms with Gasteiger partial charge in [-0.25, -0.2) is 0 Å². The van der Waals surface area contributed by atoms with Crippen LogP contribution in [-0.2, 0) is 14.3 Å². The van der Waals surface area contributed by atoms with Crippen LogP contribution in [0.5, 0.6) is 5.75 Å². The van der Waals surface area contributed by atoms with Crippen LogP contribution in [-0.4, -0.2) is 49.6 Å². The smallest absolute Gasteiger partial charge is 0.323 e. The molecule has 1 aromatic carbocycles. The molecular weight excluding hydrogens is 296 g/mol. The van der Waals surface area contributed by atoms with Crippen LogP contribution < -0.4 is 10.1 Å². The van der Waals surface area contributed by atoms with Gasteiger partial charge in [0, 0.05) is 13.0 Å². The summed E-state index contributed by atoms with van der Waals surface area (Å²) in [5, 5.41) is 2.87. The van der Waals surface area contributed by atoms with Crippen LogP contribution in [0.25, 0.3) is 0 Å². The summed E-state index contributed by atoms with van der Waals surface area (Å²) in [5.74, 6) is 0.356. The van der Waals surface area contributed by atoms with Crippen molar-refractivity contribution >= 4 is 17.6 Å². The van der Waals surface area contributed by atoms with Crippen molar-refractivity contribution in [2.45, 2.75) is 32.2 Å². The molecule has 1 saturated heterocycles. The number of hydrogen-bond donors (Lipinski definition) is 1. The molecule has 1 atom stereocenters. The third kappa shape index (κ3) is 4.69. The molecule has 0 aliphatic carbocycles. The van der Waals surface area contributed by atoms with E-state index in [1.807, 2.05) is 36.1 Å². The second kappa shape index (κ2) is 8.53. The van der Waals surface area contributed by atoms with Crippen molar-refractivity contribution in [1.82, 2.24) is 4.90 Å². The number of ether oxygens (including phenoxy) is 2. The third-order valence-electron chi connectivity index (χ3n) is 3.92. The molecule has 1 aliphatic rings. The van der Waals surface area contributed by atoms with E-state index in [0.29, 0.717) is 31.0 Å². The molecule has 1 aromatic rings. The Labute approximate surface area is 136 Å². The summed E-state index contributed by atoms with van der Waals surface area (Å²) in [4.78, 5) is 25.9. The number of rotatable bonds is 7. The Hall–Kier alpha value is -2.08. The average molecular weight is 320 g/mol. The highest BCUT2D eigenvalue weighted by Crippen LogP contribution is 2.24. The number of methoxy groups -OCH3 is 1. The molecule has 6 heteroatoms. The maximum absolute atomic E-state index is 12.2. The minimum atomic E-state index is -0.219. The lowest BCUT2D eigenvalue weighted by molar-refractivity contribution is -0.146. The fraction of sp³-hybridized carbons (Fsp3) is 0.529. The van der Waals surface area contributed by atoms with Crippen molar-refractivity contribution in [2.24, 2.45) is 0 Å². The largest absolute Gasteiger partial charge is 0.492 e. The van der Waals surface area contributed by atoms with E-state index in [9.17, 15) is 9.59 Å². The van der Waals surface area contributed by atoms with Gasteiger partial charge in [0.05, 0.1) is 19.4 Å². The van der Waals surface area contributed by atoms with Gasteiger partial charge in [-0.1, -0.05) is 12.1 Å². The summed E-state index contributed by atoms with van der Waals surface area (Å²) < 4.78 is 10.3. The summed E-state index contributed by atoms with van der Waals surface area (Å²) in [5.41, 5.74) is 0.672. The van der Waals surface area contributed by atoms with Gasteiger partial charge in [0.15, 0.2) is 0 Å². The van der Waals surface area contributed by atoms with Crippen LogP contribution in [0.1, 0.15) is 26.2 Å². The third-order valence-corrected chi connectivity index (χ3v) is 3.92. The van der Waals surface area contributed by atoms with Crippen molar-refractivity contribution in [1.29, 1.82) is 0 Å². The Kier molecular flexibility index (Phi) is 6.40. The number of esters is 1. The topological polar surface area (TPSA) is 67.9 Å². The number of benzene rings is 1. The Morgan fingerprint density at radius 2 is 2.13 bits per heavy atom. The molecule has 0 aromatic heterocycles. The summed E-state index contributed by atoms with van der Waals surface area (Å²) in [6, 6.07) is 7.14. The number of nitrogens with one attached hydrogen (secondary N) is 1. The minimum absolute atomic E-state index is 0.0901. The van der Waals surface area contributed by atoms with E-state index in [0.717, 1.165) is 19.4 Å². The van der Waals surface area contributed by atoms with E-state index in [4.69, 9.17) is 9.47 Å². The Bertz CT molecular complexity index is 547. The van der Waals surface area contributed by atoms with Gasteiger partial charge in [0.25, 0.3) is 0 Å². The molecule has 0 spiro atoms. The zero-order valence-corrected chi connectivity index (χ0v) is 13.7. The number of hydrogen-bond acceptors (Lipinski definition) is 5. The summed E-state index contributed by atoms with van der Waals surface area (Å²) in [6.07, 6.45) is 2.07. The standard InChI is InChI=1S/C17H24N2O4/c1-3-23-15-9-5-4-7-13(15)18-16(20)10-12-19-11-6-8-14(19)17(21)22-2/h4-5,7,9,14H,3,6,8,10-12H2,1-2H3,(H,18,20)/t14-/m0/s1. The summed E-state index contributed by atoms with van der Waals surface area (Å²) in [6.45, 7) is 3.81. The van der Waals surface area contributed by atoms with Crippen molar-refractivity contribution in [3.63, 3.8) is 0 Å². The second-order valence-corrected chi connectivity index (χ2v) is 5.44. The SMILES string of the molecule is CCOc1ccccc1NC(=O)CCN1CCC[C@H]1C(=O)OC. The van der Waals surface area contributed by atoms with Crippen LogP contribution in [0.3, 0.4) is 0 Å². The first kappa shape index (κ1) is 17.3. The number of carbonyl (C=O) groups is 2. The quantitative estimate of drug-likeness (QED) is 0.779. The lowest BCUT2D eigenvalue weighted by Crippen LogP contribution is -2.38. The zero-order chi connectivity index (χ0) is 16.7. The van der Waals surface area contributed by atoms with Crippen molar-refractivity contribution in [3.8, 4) is 5.75 Å². The van der Waals surface area contributed by atoms with Gasteiger partial charge >= 0.3 is 5.97 Å². The molecule has 1 heterocycles. The molecule has 0 radical (unpaired) electrons. The van der Waals surface area contributed by atoms with E-state index >= 15 is 0 Å². The predicted molar refractivity (Wildman–Crippen MR) is 87.5 cm³/mol. The molecule has 1 fully saturated rings.